The van der Waals surface area contributed by atoms with Crippen LogP contribution in [0.4, 0.5) is 0 Å². The number of hydrogen-bond donors (Lipinski definition) is 1. The number of aliphatic imine (C=N–C) groups is 1. The maximum atomic E-state index is 13.1. The van der Waals surface area contributed by atoms with Gasteiger partial charge in [-0.05, 0) is 61.5 Å². The van der Waals surface area contributed by atoms with Crippen LogP contribution in [-0.2, 0) is 0 Å². The van der Waals surface area contributed by atoms with Gasteiger partial charge in [0.15, 0.2) is 18.5 Å². The molecule has 1 atom stereocenters. The van der Waals surface area contributed by atoms with Crippen LogP contribution in [0.3, 0.4) is 0 Å². The number of aryl methyl sites for hydroxylation is 2. The number of nitrogens with zero attached hydrogens (tertiary/aromatic N) is 2. The summed E-state index contributed by atoms with van der Waals surface area (Å²) in [5.74, 6) is -0.828. The molecule has 2 aromatic carbocycles. The molecule has 0 aliphatic rings. The molecular formula is C28H26BN2O4. The Morgan fingerprint density at radius 2 is 1.94 bits per heavy atom. The highest BCUT2D eigenvalue weighted by Gasteiger charge is 2.20. The zero-order valence-electron chi connectivity index (χ0n) is 20.2. The summed E-state index contributed by atoms with van der Waals surface area (Å²) in [5, 5.41) is 10.0. The molecule has 0 bridgehead atoms. The van der Waals surface area contributed by atoms with Crippen molar-refractivity contribution in [2.45, 2.75) is 33.5 Å². The van der Waals surface area contributed by atoms with Gasteiger partial charge in [-0.2, -0.15) is 0 Å². The molecule has 4 aromatic rings. The van der Waals surface area contributed by atoms with E-state index in [0.29, 0.717) is 34.4 Å². The summed E-state index contributed by atoms with van der Waals surface area (Å²) in [6, 6.07) is 15.9. The third kappa shape index (κ3) is 5.09. The number of carboxylic acid groups (broad SMARTS) is 1. The number of aromatic nitrogens is 1. The van der Waals surface area contributed by atoms with Gasteiger partial charge in [-0.1, -0.05) is 42.7 Å². The van der Waals surface area contributed by atoms with Crippen LogP contribution in [0.25, 0.3) is 22.4 Å². The van der Waals surface area contributed by atoms with E-state index >= 15 is 0 Å². The molecule has 0 saturated heterocycles. The van der Waals surface area contributed by atoms with E-state index in [-0.39, 0.29) is 16.8 Å². The van der Waals surface area contributed by atoms with Crippen LogP contribution in [0.5, 0.6) is 0 Å². The van der Waals surface area contributed by atoms with Gasteiger partial charge in [-0.3, -0.25) is 9.79 Å². The second kappa shape index (κ2) is 10.1. The summed E-state index contributed by atoms with van der Waals surface area (Å²) >= 11 is 0. The quantitative estimate of drug-likeness (QED) is 0.316. The first-order valence-corrected chi connectivity index (χ1v) is 11.5. The van der Waals surface area contributed by atoms with Crippen LogP contribution in [0.1, 0.15) is 52.4 Å². The topological polar surface area (TPSA) is 92.8 Å². The van der Waals surface area contributed by atoms with Crippen LogP contribution < -0.4 is 10.9 Å². The molecule has 0 aliphatic carbocycles. The molecule has 7 heteroatoms. The Kier molecular flexibility index (Phi) is 6.96. The van der Waals surface area contributed by atoms with Crippen molar-refractivity contribution in [1.29, 1.82) is 0 Å². The largest absolute Gasteiger partial charge is 0.478 e. The summed E-state index contributed by atoms with van der Waals surface area (Å²) in [4.78, 5) is 33.7. The fourth-order valence-corrected chi connectivity index (χ4v) is 4.09. The van der Waals surface area contributed by atoms with E-state index in [1.54, 1.807) is 30.5 Å². The van der Waals surface area contributed by atoms with Gasteiger partial charge in [0.25, 0.3) is 0 Å². The molecule has 175 valence electrons. The molecule has 35 heavy (non-hydrogen) atoms. The van der Waals surface area contributed by atoms with Gasteiger partial charge in [-0.25, -0.2) is 9.78 Å². The number of carbonyl (C=O) groups is 1. The summed E-state index contributed by atoms with van der Waals surface area (Å²) < 4.78 is 6.31. The van der Waals surface area contributed by atoms with Crippen LogP contribution >= 0.6 is 0 Å². The molecule has 1 N–H and O–H groups in total. The van der Waals surface area contributed by atoms with Crippen LogP contribution in [0, 0.1) is 13.8 Å². The average molecular weight is 465 g/mol. The van der Waals surface area contributed by atoms with E-state index in [1.807, 2.05) is 59.2 Å². The predicted molar refractivity (Wildman–Crippen MR) is 141 cm³/mol. The molecule has 1 radical (unpaired) electrons. The molecule has 6 nitrogen and oxygen atoms in total. The first kappa shape index (κ1) is 24.1. The Morgan fingerprint density at radius 3 is 2.69 bits per heavy atom. The lowest BCUT2D eigenvalue weighted by atomic mass is 9.56. The predicted octanol–water partition coefficient (Wildman–Crippen LogP) is 4.70. The molecule has 0 fully saturated rings. The van der Waals surface area contributed by atoms with Gasteiger partial charge in [0.1, 0.15) is 11.3 Å². The number of rotatable bonds is 7. The minimum absolute atomic E-state index is 0.157. The number of benzene rings is 2. The second-order valence-corrected chi connectivity index (χ2v) is 8.58. The summed E-state index contributed by atoms with van der Waals surface area (Å²) in [7, 11) is 1.88. The van der Waals surface area contributed by atoms with E-state index in [2.05, 4.69) is 9.98 Å². The number of aromatic carboxylic acids is 1. The third-order valence-electron chi connectivity index (χ3n) is 5.90. The van der Waals surface area contributed by atoms with Crippen molar-refractivity contribution in [3.8, 4) is 11.5 Å². The lowest BCUT2D eigenvalue weighted by Crippen LogP contribution is -2.26. The van der Waals surface area contributed by atoms with Crippen molar-refractivity contribution in [2.24, 2.45) is 4.99 Å². The molecule has 1 unspecified atom stereocenters. The fraction of sp³-hybridized carbons (Fsp3) is 0.214. The molecule has 2 aromatic heterocycles. The van der Waals surface area contributed by atoms with Gasteiger partial charge >= 0.3 is 5.97 Å². The van der Waals surface area contributed by atoms with Gasteiger partial charge in [0.2, 0.25) is 0 Å². The van der Waals surface area contributed by atoms with Gasteiger partial charge in [0, 0.05) is 18.8 Å². The Bertz CT molecular complexity index is 1510. The van der Waals surface area contributed by atoms with Crippen molar-refractivity contribution in [2.75, 3.05) is 6.54 Å². The van der Waals surface area contributed by atoms with E-state index in [9.17, 15) is 14.7 Å². The standard InChI is InChI=1S/C28H26BN2O4/c1-5-30-15-24-17(3)10-11-23(31-24)26-14-25(32)21-13-16(2)12-20(27(21)35-26)18(4)29-22-9-7-6-8-19(22)28(33)34/h6-15,18H,5H2,1-4H3,(H,33,34). The highest BCUT2D eigenvalue weighted by atomic mass is 16.4. The lowest BCUT2D eigenvalue weighted by molar-refractivity contribution is 0.0698. The third-order valence-corrected chi connectivity index (χ3v) is 5.90. The van der Waals surface area contributed by atoms with Crippen molar-refractivity contribution < 1.29 is 14.3 Å². The van der Waals surface area contributed by atoms with Crippen LogP contribution in [-0.4, -0.2) is 36.1 Å². The molecule has 4 rings (SSSR count). The van der Waals surface area contributed by atoms with Crippen molar-refractivity contribution in [3.63, 3.8) is 0 Å². The molecule has 0 spiro atoms. The van der Waals surface area contributed by atoms with Crippen LogP contribution in [0.15, 0.2) is 68.8 Å². The second-order valence-electron chi connectivity index (χ2n) is 8.58. The lowest BCUT2D eigenvalue weighted by Gasteiger charge is -2.16. The summed E-state index contributed by atoms with van der Waals surface area (Å²) in [6.07, 6.45) is 1.73. The SMILES string of the molecule is CCN=Cc1nc(-c2cc(=O)c3cc(C)cc(C(C)[B]c4ccccc4C(=O)O)c3o2)ccc1C. The van der Waals surface area contributed by atoms with Crippen molar-refractivity contribution in [3.05, 3.63) is 92.8 Å². The first-order valence-electron chi connectivity index (χ1n) is 11.5. The number of carboxylic acids is 1. The summed E-state index contributed by atoms with van der Waals surface area (Å²) in [6.45, 7) is 8.45. The minimum Gasteiger partial charge on any atom is -0.478 e. The highest BCUT2D eigenvalue weighted by Crippen LogP contribution is 2.29. The molecular weight excluding hydrogens is 439 g/mol. The maximum Gasteiger partial charge on any atom is 0.335 e. The van der Waals surface area contributed by atoms with E-state index in [0.717, 1.165) is 22.4 Å². The molecule has 0 amide bonds. The van der Waals surface area contributed by atoms with Gasteiger partial charge in [-0.15, -0.1) is 0 Å². The van der Waals surface area contributed by atoms with Gasteiger partial charge in [0.05, 0.1) is 16.6 Å². The molecule has 0 saturated carbocycles. The molecule has 2 heterocycles. The fourth-order valence-electron chi connectivity index (χ4n) is 4.09. The zero-order chi connectivity index (χ0) is 25.1. The summed E-state index contributed by atoms with van der Waals surface area (Å²) in [5.41, 5.74) is 5.13. The highest BCUT2D eigenvalue weighted by molar-refractivity contribution is 6.57. The molecule has 0 aliphatic heterocycles. The number of hydrogen-bond acceptors (Lipinski definition) is 5. The Labute approximate surface area is 204 Å². The zero-order valence-corrected chi connectivity index (χ0v) is 20.2. The van der Waals surface area contributed by atoms with E-state index in [4.69, 9.17) is 4.42 Å². The normalized spacial score (nSPS) is 12.2. The van der Waals surface area contributed by atoms with Crippen molar-refractivity contribution in [1.82, 2.24) is 4.98 Å². The minimum atomic E-state index is -0.986. The van der Waals surface area contributed by atoms with Gasteiger partial charge < -0.3 is 9.52 Å². The first-order chi connectivity index (χ1) is 16.8. The monoisotopic (exact) mass is 465 g/mol. The Hall–Kier alpha value is -4.00. The number of pyridine rings is 1. The van der Waals surface area contributed by atoms with E-state index < -0.39 is 5.97 Å². The van der Waals surface area contributed by atoms with Crippen molar-refractivity contribution >= 4 is 35.9 Å². The Morgan fingerprint density at radius 1 is 1.17 bits per heavy atom. The van der Waals surface area contributed by atoms with Crippen LogP contribution in [0.2, 0.25) is 0 Å². The number of fused-ring (bicyclic) bond motifs is 1. The smallest absolute Gasteiger partial charge is 0.335 e. The Balaban J connectivity index is 1.84. The average Bonchev–Trinajstić information content (AvgIpc) is 2.83. The maximum absolute atomic E-state index is 13.1. The van der Waals surface area contributed by atoms with E-state index in [1.165, 1.54) is 6.07 Å².